The molecule has 0 aliphatic carbocycles. The summed E-state index contributed by atoms with van der Waals surface area (Å²) < 4.78 is 4.75. The summed E-state index contributed by atoms with van der Waals surface area (Å²) in [5, 5.41) is 0. The van der Waals surface area contributed by atoms with E-state index in [0.717, 1.165) is 0 Å². The Kier molecular flexibility index (Phi) is 3.58. The number of ketones is 1. The molecule has 0 atom stereocenters. The van der Waals surface area contributed by atoms with E-state index in [9.17, 15) is 4.79 Å². The van der Waals surface area contributed by atoms with Gasteiger partial charge in [-0.2, -0.15) is 0 Å². The van der Waals surface area contributed by atoms with Crippen LogP contribution in [0.15, 0.2) is 0 Å². The van der Waals surface area contributed by atoms with Gasteiger partial charge in [-0.15, -0.1) is 0 Å². The minimum atomic E-state index is -0.310. The highest BCUT2D eigenvalue weighted by Gasteiger charge is 2.20. The van der Waals surface area contributed by atoms with Crippen LogP contribution < -0.4 is 0 Å². The fourth-order valence-corrected chi connectivity index (χ4v) is 0.368. The van der Waals surface area contributed by atoms with Crippen LogP contribution in [-0.4, -0.2) is 19.0 Å². The highest BCUT2D eigenvalue weighted by molar-refractivity contribution is 5.84. The summed E-state index contributed by atoms with van der Waals surface area (Å²) in [5.74, 6) is 0.0814. The molecule has 0 spiro atoms. The molecule has 0 aliphatic rings. The van der Waals surface area contributed by atoms with Gasteiger partial charge >= 0.3 is 0 Å². The van der Waals surface area contributed by atoms with Crippen LogP contribution in [0.25, 0.3) is 0 Å². The molecule has 0 N–H and O–H groups in total. The van der Waals surface area contributed by atoms with Crippen LogP contribution in [0, 0.1) is 12.3 Å². The van der Waals surface area contributed by atoms with E-state index in [-0.39, 0.29) is 24.4 Å². The largest absolute Gasteiger partial charge is 0.373 e. The van der Waals surface area contributed by atoms with Gasteiger partial charge in [-0.05, 0) is 6.92 Å². The molecule has 0 aromatic carbocycles. The molecule has 0 fully saturated rings. The zero-order valence-corrected chi connectivity index (χ0v) is 6.81. The smallest absolute Gasteiger partial charge is 0.163 e. The maximum Gasteiger partial charge on any atom is 0.163 e. The van der Waals surface area contributed by atoms with E-state index < -0.39 is 0 Å². The van der Waals surface area contributed by atoms with Gasteiger partial charge in [0.2, 0.25) is 0 Å². The van der Waals surface area contributed by atoms with Gasteiger partial charge < -0.3 is 4.74 Å². The van der Waals surface area contributed by atoms with Crippen molar-refractivity contribution in [3.05, 3.63) is 6.92 Å². The van der Waals surface area contributed by atoms with Crippen molar-refractivity contribution in [1.29, 1.82) is 0 Å². The second-order valence-corrected chi connectivity index (χ2v) is 3.19. The maximum atomic E-state index is 11.0. The van der Waals surface area contributed by atoms with Crippen LogP contribution >= 0.6 is 0 Å². The summed E-state index contributed by atoms with van der Waals surface area (Å²) in [7, 11) is 0. The van der Waals surface area contributed by atoms with Gasteiger partial charge in [0.05, 0.1) is 6.61 Å². The van der Waals surface area contributed by atoms with E-state index in [2.05, 4.69) is 0 Å². The number of rotatable bonds is 3. The molecule has 0 aromatic rings. The van der Waals surface area contributed by atoms with Crippen LogP contribution in [0.2, 0.25) is 0 Å². The zero-order chi connectivity index (χ0) is 8.20. The fraction of sp³-hybridized carbons (Fsp3) is 0.750. The standard InChI is InChI=1S/C8H14O2/c1-5-10-6-7(9)8(2,3)4/h1H,5-6H2,2-4H3. The molecule has 0 saturated carbocycles. The predicted octanol–water partition coefficient (Wildman–Crippen LogP) is 1.33. The van der Waals surface area contributed by atoms with Crippen molar-refractivity contribution in [2.45, 2.75) is 20.8 Å². The lowest BCUT2D eigenvalue weighted by Crippen LogP contribution is -2.24. The lowest BCUT2D eigenvalue weighted by molar-refractivity contribution is -0.130. The van der Waals surface area contributed by atoms with E-state index in [1.807, 2.05) is 20.8 Å². The predicted molar refractivity (Wildman–Crippen MR) is 39.6 cm³/mol. The van der Waals surface area contributed by atoms with Crippen LogP contribution in [0.4, 0.5) is 0 Å². The van der Waals surface area contributed by atoms with Crippen molar-refractivity contribution in [3.63, 3.8) is 0 Å². The Morgan fingerprint density at radius 3 is 2.30 bits per heavy atom. The number of carbonyl (C=O) groups is 1. The normalized spacial score (nSPS) is 11.6. The van der Waals surface area contributed by atoms with Gasteiger partial charge in [0, 0.05) is 5.41 Å². The van der Waals surface area contributed by atoms with Crippen LogP contribution in [0.1, 0.15) is 20.8 Å². The number of ether oxygens (including phenoxy) is 1. The van der Waals surface area contributed by atoms with Gasteiger partial charge in [-0.3, -0.25) is 4.79 Å². The van der Waals surface area contributed by atoms with Gasteiger partial charge in [0.1, 0.15) is 6.61 Å². The lowest BCUT2D eigenvalue weighted by Gasteiger charge is -2.15. The minimum Gasteiger partial charge on any atom is -0.373 e. The molecule has 0 bridgehead atoms. The zero-order valence-electron chi connectivity index (χ0n) is 6.81. The summed E-state index contributed by atoms with van der Waals surface area (Å²) in [6.07, 6.45) is 0. The Hall–Kier alpha value is -0.370. The quantitative estimate of drug-likeness (QED) is 0.594. The molecule has 2 heteroatoms. The molecule has 10 heavy (non-hydrogen) atoms. The van der Waals surface area contributed by atoms with Gasteiger partial charge in [0.25, 0.3) is 0 Å². The number of Topliss-reactive ketones (excluding diaryl/α,β-unsaturated/α-hetero) is 1. The second kappa shape index (κ2) is 3.71. The van der Waals surface area contributed by atoms with E-state index in [1.165, 1.54) is 0 Å². The SMILES string of the molecule is [CH]COCC(=O)C(C)(C)C. The topological polar surface area (TPSA) is 26.3 Å². The Balaban J connectivity index is 3.64. The first-order chi connectivity index (χ1) is 4.48. The molecule has 0 amide bonds. The summed E-state index contributed by atoms with van der Waals surface area (Å²) in [5.41, 5.74) is -0.310. The average Bonchev–Trinajstić information content (AvgIpc) is 1.80. The number of hydrogen-bond acceptors (Lipinski definition) is 2. The fourth-order valence-electron chi connectivity index (χ4n) is 0.368. The Bertz CT molecular complexity index is 111. The van der Waals surface area contributed by atoms with E-state index >= 15 is 0 Å². The van der Waals surface area contributed by atoms with E-state index in [4.69, 9.17) is 11.7 Å². The monoisotopic (exact) mass is 142 g/mol. The Labute approximate surface area is 62.6 Å². The van der Waals surface area contributed by atoms with Crippen molar-refractivity contribution < 1.29 is 9.53 Å². The lowest BCUT2D eigenvalue weighted by atomic mass is 9.91. The highest BCUT2D eigenvalue weighted by Crippen LogP contribution is 2.13. The Morgan fingerprint density at radius 1 is 1.50 bits per heavy atom. The molecule has 0 saturated heterocycles. The van der Waals surface area contributed by atoms with Crippen LogP contribution in [0.5, 0.6) is 0 Å². The maximum absolute atomic E-state index is 11.0. The summed E-state index contributed by atoms with van der Waals surface area (Å²) in [6, 6.07) is 0. The highest BCUT2D eigenvalue weighted by atomic mass is 16.5. The molecular weight excluding hydrogens is 128 g/mol. The molecule has 0 aromatic heterocycles. The number of carbonyl (C=O) groups excluding carboxylic acids is 1. The van der Waals surface area contributed by atoms with Gasteiger partial charge in [0.15, 0.2) is 5.78 Å². The molecule has 58 valence electrons. The Morgan fingerprint density at radius 2 is 2.00 bits per heavy atom. The second-order valence-electron chi connectivity index (χ2n) is 3.19. The third kappa shape index (κ3) is 3.62. The van der Waals surface area contributed by atoms with Gasteiger partial charge in [-0.25, -0.2) is 0 Å². The van der Waals surface area contributed by atoms with Gasteiger partial charge in [-0.1, -0.05) is 20.8 Å². The molecular formula is C8H14O2. The molecule has 0 rings (SSSR count). The van der Waals surface area contributed by atoms with Crippen molar-refractivity contribution in [2.24, 2.45) is 5.41 Å². The molecule has 0 heterocycles. The first kappa shape index (κ1) is 9.63. The van der Waals surface area contributed by atoms with Crippen molar-refractivity contribution in [2.75, 3.05) is 13.2 Å². The third-order valence-corrected chi connectivity index (χ3v) is 1.19. The van der Waals surface area contributed by atoms with Crippen molar-refractivity contribution >= 4 is 5.78 Å². The average molecular weight is 142 g/mol. The molecule has 0 aliphatic heterocycles. The van der Waals surface area contributed by atoms with Crippen LogP contribution in [-0.2, 0) is 9.53 Å². The summed E-state index contributed by atoms with van der Waals surface area (Å²) >= 11 is 0. The van der Waals surface area contributed by atoms with E-state index in [0.29, 0.717) is 0 Å². The molecule has 2 nitrogen and oxygen atoms in total. The summed E-state index contributed by atoms with van der Waals surface area (Å²) in [4.78, 5) is 11.0. The first-order valence-electron chi connectivity index (χ1n) is 3.29. The van der Waals surface area contributed by atoms with E-state index in [1.54, 1.807) is 0 Å². The molecule has 2 radical (unpaired) electrons. The summed E-state index contributed by atoms with van der Waals surface area (Å²) in [6.45, 7) is 10.9. The van der Waals surface area contributed by atoms with Crippen molar-refractivity contribution in [1.82, 2.24) is 0 Å². The molecule has 0 unspecified atom stereocenters. The third-order valence-electron chi connectivity index (χ3n) is 1.19. The van der Waals surface area contributed by atoms with Crippen molar-refractivity contribution in [3.8, 4) is 0 Å². The first-order valence-corrected chi connectivity index (χ1v) is 3.29. The number of hydrogen-bond donors (Lipinski definition) is 0. The van der Waals surface area contributed by atoms with Crippen LogP contribution in [0.3, 0.4) is 0 Å². The minimum absolute atomic E-state index is 0.0814.